The van der Waals surface area contributed by atoms with Crippen molar-refractivity contribution in [2.75, 3.05) is 0 Å². The number of carboxylic acids is 1. The first-order valence-electron chi connectivity index (χ1n) is 6.66. The van der Waals surface area contributed by atoms with Crippen LogP contribution in [0.3, 0.4) is 0 Å². The second kappa shape index (κ2) is 5.32. The molecule has 1 heterocycles. The molecule has 0 fully saturated rings. The highest BCUT2D eigenvalue weighted by Gasteiger charge is 2.06. The lowest BCUT2D eigenvalue weighted by Crippen LogP contribution is -1.95. The number of aromatic nitrogens is 1. The highest BCUT2D eigenvalue weighted by molar-refractivity contribution is 5.93. The fourth-order valence-electron chi connectivity index (χ4n) is 2.27. The number of aromatic amines is 1. The van der Waals surface area contributed by atoms with Crippen LogP contribution in [-0.4, -0.2) is 16.1 Å². The number of aryl methyl sites for hydroxylation is 1. The van der Waals surface area contributed by atoms with Gasteiger partial charge < -0.3 is 14.8 Å². The first-order valence-corrected chi connectivity index (χ1v) is 6.66. The topological polar surface area (TPSA) is 62.3 Å². The van der Waals surface area contributed by atoms with Gasteiger partial charge in [-0.3, -0.25) is 0 Å². The highest BCUT2D eigenvalue weighted by atomic mass is 16.5. The van der Waals surface area contributed by atoms with Crippen molar-refractivity contribution in [3.8, 4) is 5.75 Å². The van der Waals surface area contributed by atoms with Crippen molar-refractivity contribution in [3.63, 3.8) is 0 Å². The van der Waals surface area contributed by atoms with Gasteiger partial charge in [-0.15, -0.1) is 0 Å². The van der Waals surface area contributed by atoms with Crippen LogP contribution in [0.1, 0.15) is 21.6 Å². The Labute approximate surface area is 122 Å². The SMILES string of the molecule is Cc1cccc(OCc2cc3cc(C(=O)O)ccc3[nH]2)c1. The van der Waals surface area contributed by atoms with Crippen molar-refractivity contribution in [1.82, 2.24) is 4.98 Å². The zero-order valence-electron chi connectivity index (χ0n) is 11.6. The Balaban J connectivity index is 1.80. The minimum Gasteiger partial charge on any atom is -0.487 e. The van der Waals surface area contributed by atoms with Crippen LogP contribution in [0, 0.1) is 6.92 Å². The van der Waals surface area contributed by atoms with Crippen molar-refractivity contribution < 1.29 is 14.6 Å². The number of nitrogens with one attached hydrogen (secondary N) is 1. The van der Waals surface area contributed by atoms with Gasteiger partial charge in [0.05, 0.1) is 11.3 Å². The maximum absolute atomic E-state index is 11.0. The number of H-pyrrole nitrogens is 1. The van der Waals surface area contributed by atoms with Gasteiger partial charge in [-0.1, -0.05) is 12.1 Å². The molecule has 4 heteroatoms. The molecule has 3 aromatic rings. The van der Waals surface area contributed by atoms with Crippen LogP contribution in [0.5, 0.6) is 5.75 Å². The molecule has 106 valence electrons. The summed E-state index contributed by atoms with van der Waals surface area (Å²) in [5.41, 5.74) is 3.25. The molecule has 0 spiro atoms. The highest BCUT2D eigenvalue weighted by Crippen LogP contribution is 2.19. The molecule has 3 rings (SSSR count). The number of hydrogen-bond donors (Lipinski definition) is 2. The van der Waals surface area contributed by atoms with Crippen molar-refractivity contribution in [3.05, 3.63) is 65.4 Å². The largest absolute Gasteiger partial charge is 0.487 e. The van der Waals surface area contributed by atoms with Crippen LogP contribution < -0.4 is 4.74 Å². The molecule has 4 nitrogen and oxygen atoms in total. The Hall–Kier alpha value is -2.75. The van der Waals surface area contributed by atoms with Crippen LogP contribution in [0.15, 0.2) is 48.5 Å². The Morgan fingerprint density at radius 3 is 2.81 bits per heavy atom. The van der Waals surface area contributed by atoms with E-state index >= 15 is 0 Å². The molecule has 0 aliphatic heterocycles. The Morgan fingerprint density at radius 1 is 1.19 bits per heavy atom. The summed E-state index contributed by atoms with van der Waals surface area (Å²) in [5, 5.41) is 9.87. The standard InChI is InChI=1S/C17H15NO3/c1-11-3-2-4-15(7-11)21-10-14-9-13-8-12(17(19)20)5-6-16(13)18-14/h2-9,18H,10H2,1H3,(H,19,20). The van der Waals surface area contributed by atoms with E-state index < -0.39 is 5.97 Å². The quantitative estimate of drug-likeness (QED) is 0.765. The Kier molecular flexibility index (Phi) is 3.36. The molecule has 0 unspecified atom stereocenters. The summed E-state index contributed by atoms with van der Waals surface area (Å²) in [4.78, 5) is 14.2. The molecule has 1 aromatic heterocycles. The number of benzene rings is 2. The van der Waals surface area contributed by atoms with Crippen molar-refractivity contribution in [1.29, 1.82) is 0 Å². The zero-order valence-corrected chi connectivity index (χ0v) is 11.6. The first-order chi connectivity index (χ1) is 10.1. The van der Waals surface area contributed by atoms with Gasteiger partial charge in [0.25, 0.3) is 0 Å². The average Bonchev–Trinajstić information content (AvgIpc) is 2.87. The van der Waals surface area contributed by atoms with Crippen molar-refractivity contribution in [2.24, 2.45) is 0 Å². The molecular formula is C17H15NO3. The summed E-state index contributed by atoms with van der Waals surface area (Å²) >= 11 is 0. The fraction of sp³-hybridized carbons (Fsp3) is 0.118. The molecule has 0 aliphatic rings. The van der Waals surface area contributed by atoms with Gasteiger partial charge in [0.1, 0.15) is 12.4 Å². The minimum atomic E-state index is -0.921. The first kappa shape index (κ1) is 13.2. The van der Waals surface area contributed by atoms with E-state index in [4.69, 9.17) is 9.84 Å². The predicted octanol–water partition coefficient (Wildman–Crippen LogP) is 3.75. The summed E-state index contributed by atoms with van der Waals surface area (Å²) in [7, 11) is 0. The number of aromatic carboxylic acids is 1. The number of carboxylic acid groups (broad SMARTS) is 1. The smallest absolute Gasteiger partial charge is 0.335 e. The van der Waals surface area contributed by atoms with Gasteiger partial charge >= 0.3 is 5.97 Å². The molecule has 2 aromatic carbocycles. The van der Waals surface area contributed by atoms with E-state index in [1.54, 1.807) is 18.2 Å². The Bertz CT molecular complexity index is 805. The predicted molar refractivity (Wildman–Crippen MR) is 80.8 cm³/mol. The Morgan fingerprint density at radius 2 is 2.05 bits per heavy atom. The van der Waals surface area contributed by atoms with E-state index in [1.807, 2.05) is 37.3 Å². The van der Waals surface area contributed by atoms with E-state index in [1.165, 1.54) is 0 Å². The lowest BCUT2D eigenvalue weighted by molar-refractivity contribution is 0.0697. The molecular weight excluding hydrogens is 266 g/mol. The average molecular weight is 281 g/mol. The summed E-state index contributed by atoms with van der Waals surface area (Å²) < 4.78 is 5.73. The monoisotopic (exact) mass is 281 g/mol. The molecule has 0 aliphatic carbocycles. The van der Waals surface area contributed by atoms with E-state index in [2.05, 4.69) is 4.98 Å². The molecule has 0 radical (unpaired) electrons. The zero-order chi connectivity index (χ0) is 14.8. The third-order valence-electron chi connectivity index (χ3n) is 3.31. The second-order valence-electron chi connectivity index (χ2n) is 5.01. The molecule has 21 heavy (non-hydrogen) atoms. The number of carbonyl (C=O) groups is 1. The van der Waals surface area contributed by atoms with Crippen LogP contribution in [0.25, 0.3) is 10.9 Å². The van der Waals surface area contributed by atoms with Gasteiger partial charge in [-0.05, 0) is 48.9 Å². The molecule has 0 saturated carbocycles. The summed E-state index contributed by atoms with van der Waals surface area (Å²) in [6.45, 7) is 2.43. The summed E-state index contributed by atoms with van der Waals surface area (Å²) in [6, 6.07) is 14.8. The summed E-state index contributed by atoms with van der Waals surface area (Å²) in [6.07, 6.45) is 0. The van der Waals surface area contributed by atoms with Crippen LogP contribution >= 0.6 is 0 Å². The van der Waals surface area contributed by atoms with Crippen LogP contribution in [0.4, 0.5) is 0 Å². The van der Waals surface area contributed by atoms with E-state index in [-0.39, 0.29) is 5.56 Å². The van der Waals surface area contributed by atoms with Gasteiger partial charge in [-0.25, -0.2) is 4.79 Å². The number of ether oxygens (including phenoxy) is 1. The van der Waals surface area contributed by atoms with Gasteiger partial charge in [0.15, 0.2) is 0 Å². The lowest BCUT2D eigenvalue weighted by Gasteiger charge is -2.05. The molecule has 0 atom stereocenters. The molecule has 0 saturated heterocycles. The van der Waals surface area contributed by atoms with Gasteiger partial charge in [-0.2, -0.15) is 0 Å². The molecule has 0 amide bonds. The lowest BCUT2D eigenvalue weighted by atomic mass is 10.1. The van der Waals surface area contributed by atoms with E-state index in [9.17, 15) is 4.79 Å². The van der Waals surface area contributed by atoms with E-state index in [0.717, 1.165) is 27.9 Å². The normalized spacial score (nSPS) is 10.7. The number of hydrogen-bond acceptors (Lipinski definition) is 2. The summed E-state index contributed by atoms with van der Waals surface area (Å²) in [5.74, 6) is -0.101. The maximum atomic E-state index is 11.0. The van der Waals surface area contributed by atoms with E-state index in [0.29, 0.717) is 6.61 Å². The molecule has 0 bridgehead atoms. The van der Waals surface area contributed by atoms with Crippen LogP contribution in [0.2, 0.25) is 0 Å². The number of fused-ring (bicyclic) bond motifs is 1. The van der Waals surface area contributed by atoms with Gasteiger partial charge in [0, 0.05) is 10.9 Å². The minimum absolute atomic E-state index is 0.285. The van der Waals surface area contributed by atoms with Crippen molar-refractivity contribution in [2.45, 2.75) is 13.5 Å². The number of rotatable bonds is 4. The van der Waals surface area contributed by atoms with Crippen LogP contribution in [-0.2, 0) is 6.61 Å². The van der Waals surface area contributed by atoms with Gasteiger partial charge in [0.2, 0.25) is 0 Å². The third-order valence-corrected chi connectivity index (χ3v) is 3.31. The van der Waals surface area contributed by atoms with Crippen molar-refractivity contribution >= 4 is 16.9 Å². The molecule has 2 N–H and O–H groups in total. The second-order valence-corrected chi connectivity index (χ2v) is 5.01. The third kappa shape index (κ3) is 2.89. The maximum Gasteiger partial charge on any atom is 0.335 e. The fourth-order valence-corrected chi connectivity index (χ4v) is 2.27.